The summed E-state index contributed by atoms with van der Waals surface area (Å²) in [6, 6.07) is 1.04. The van der Waals surface area contributed by atoms with Crippen LogP contribution in [0.5, 0.6) is 12.0 Å². The molecule has 7 nitrogen and oxygen atoms in total. The van der Waals surface area contributed by atoms with Crippen LogP contribution in [0.2, 0.25) is 0 Å². The van der Waals surface area contributed by atoms with E-state index in [9.17, 15) is 0 Å². The molecule has 7 heteroatoms. The lowest BCUT2D eigenvalue weighted by Crippen LogP contribution is -2.28. The van der Waals surface area contributed by atoms with Gasteiger partial charge in [0.1, 0.15) is 0 Å². The number of hydrogen-bond donors (Lipinski definition) is 1. The lowest BCUT2D eigenvalue weighted by molar-refractivity contribution is 0.273. The Kier molecular flexibility index (Phi) is 6.27. The van der Waals surface area contributed by atoms with E-state index in [4.69, 9.17) is 9.47 Å². The van der Waals surface area contributed by atoms with E-state index in [-0.39, 0.29) is 12.0 Å². The fourth-order valence-electron chi connectivity index (χ4n) is 1.39. The number of rotatable bonds is 8. The molecule has 0 aliphatic carbocycles. The highest BCUT2D eigenvalue weighted by Gasteiger charge is 2.07. The molecule has 0 aliphatic rings. The maximum Gasteiger partial charge on any atom is 0.324 e. The monoisotopic (exact) mass is 269 g/mol. The molecule has 1 heterocycles. The van der Waals surface area contributed by atoms with Gasteiger partial charge in [0.25, 0.3) is 0 Å². The van der Waals surface area contributed by atoms with Gasteiger partial charge in [-0.15, -0.1) is 4.98 Å². The minimum absolute atomic E-state index is 0.244. The van der Waals surface area contributed by atoms with Gasteiger partial charge in [-0.2, -0.15) is 9.97 Å². The highest BCUT2D eigenvalue weighted by atomic mass is 16.5. The van der Waals surface area contributed by atoms with Crippen LogP contribution < -0.4 is 14.8 Å². The minimum atomic E-state index is 0.244. The largest absolute Gasteiger partial charge is 0.467 e. The molecule has 1 aromatic heterocycles. The molecule has 1 aromatic rings. The molecule has 0 amide bonds. The predicted molar refractivity (Wildman–Crippen MR) is 73.8 cm³/mol. The van der Waals surface area contributed by atoms with Crippen LogP contribution in [-0.2, 0) is 0 Å². The smallest absolute Gasteiger partial charge is 0.324 e. The van der Waals surface area contributed by atoms with Gasteiger partial charge in [-0.1, -0.05) is 0 Å². The van der Waals surface area contributed by atoms with Gasteiger partial charge < -0.3 is 19.7 Å². The molecule has 1 rings (SSSR count). The van der Waals surface area contributed by atoms with Crippen molar-refractivity contribution in [3.05, 3.63) is 0 Å². The van der Waals surface area contributed by atoms with Crippen LogP contribution in [0.4, 0.5) is 5.95 Å². The van der Waals surface area contributed by atoms with Gasteiger partial charge in [0.05, 0.1) is 14.2 Å². The first-order chi connectivity index (χ1) is 9.06. The Morgan fingerprint density at radius 2 is 1.68 bits per heavy atom. The SMILES string of the molecule is COc1nc(NCCCN(C)C(C)C)nc(OC)n1. The zero-order chi connectivity index (χ0) is 14.3. The van der Waals surface area contributed by atoms with Crippen molar-refractivity contribution in [1.29, 1.82) is 0 Å². The number of hydrogen-bond acceptors (Lipinski definition) is 7. The van der Waals surface area contributed by atoms with Gasteiger partial charge in [0.15, 0.2) is 0 Å². The van der Waals surface area contributed by atoms with E-state index in [1.807, 2.05) is 0 Å². The molecule has 0 saturated carbocycles. The van der Waals surface area contributed by atoms with Crippen LogP contribution in [0.1, 0.15) is 20.3 Å². The molecule has 0 fully saturated rings. The lowest BCUT2D eigenvalue weighted by atomic mass is 10.3. The predicted octanol–water partition coefficient (Wildman–Crippen LogP) is 1.03. The summed E-state index contributed by atoms with van der Waals surface area (Å²) >= 11 is 0. The number of nitrogens with zero attached hydrogens (tertiary/aromatic N) is 4. The first-order valence-corrected chi connectivity index (χ1v) is 6.35. The zero-order valence-corrected chi connectivity index (χ0v) is 12.3. The molecule has 1 N–H and O–H groups in total. The van der Waals surface area contributed by atoms with E-state index in [2.05, 4.69) is 46.1 Å². The molecule has 0 spiro atoms. The average Bonchev–Trinajstić information content (AvgIpc) is 2.42. The first kappa shape index (κ1) is 15.4. The molecule has 19 heavy (non-hydrogen) atoms. The quantitative estimate of drug-likeness (QED) is 0.707. The van der Waals surface area contributed by atoms with Crippen molar-refractivity contribution < 1.29 is 9.47 Å². The number of nitrogens with one attached hydrogen (secondary N) is 1. The summed E-state index contributed by atoms with van der Waals surface area (Å²) in [5.74, 6) is 0.468. The molecular formula is C12H23N5O2. The second-order valence-corrected chi connectivity index (χ2v) is 4.49. The van der Waals surface area contributed by atoms with Crippen molar-refractivity contribution in [2.75, 3.05) is 39.7 Å². The Labute approximate surface area is 114 Å². The third-order valence-electron chi connectivity index (χ3n) is 2.81. The molecule has 0 bridgehead atoms. The molecule has 0 saturated heterocycles. The normalized spacial score (nSPS) is 10.9. The van der Waals surface area contributed by atoms with Gasteiger partial charge in [0.2, 0.25) is 5.95 Å². The van der Waals surface area contributed by atoms with Crippen LogP contribution >= 0.6 is 0 Å². The number of ether oxygens (including phenoxy) is 2. The average molecular weight is 269 g/mol. The summed E-state index contributed by atoms with van der Waals surface area (Å²) in [5.41, 5.74) is 0. The number of anilines is 1. The van der Waals surface area contributed by atoms with Crippen molar-refractivity contribution in [2.45, 2.75) is 26.3 Å². The summed E-state index contributed by atoms with van der Waals surface area (Å²) in [7, 11) is 5.13. The Morgan fingerprint density at radius 1 is 1.11 bits per heavy atom. The summed E-state index contributed by atoms with van der Waals surface area (Å²) in [6.07, 6.45) is 1.00. The number of aromatic nitrogens is 3. The molecule has 0 atom stereocenters. The van der Waals surface area contributed by atoms with E-state index in [0.717, 1.165) is 19.5 Å². The maximum atomic E-state index is 4.98. The minimum Gasteiger partial charge on any atom is -0.467 e. The lowest BCUT2D eigenvalue weighted by Gasteiger charge is -2.20. The fraction of sp³-hybridized carbons (Fsp3) is 0.750. The summed E-state index contributed by atoms with van der Waals surface area (Å²) < 4.78 is 9.97. The van der Waals surface area contributed by atoms with E-state index in [1.165, 1.54) is 14.2 Å². The molecule has 0 aromatic carbocycles. The Hall–Kier alpha value is -1.63. The molecule has 0 radical (unpaired) electrons. The second-order valence-electron chi connectivity index (χ2n) is 4.49. The fourth-order valence-corrected chi connectivity index (χ4v) is 1.39. The van der Waals surface area contributed by atoms with Crippen LogP contribution in [0, 0.1) is 0 Å². The van der Waals surface area contributed by atoms with Gasteiger partial charge in [-0.25, -0.2) is 0 Å². The Balaban J connectivity index is 2.44. The topological polar surface area (TPSA) is 72.4 Å². The van der Waals surface area contributed by atoms with Crippen molar-refractivity contribution in [3.63, 3.8) is 0 Å². The molecule has 108 valence electrons. The summed E-state index contributed by atoms with van der Waals surface area (Å²) in [4.78, 5) is 14.4. The van der Waals surface area contributed by atoms with Crippen molar-refractivity contribution in [1.82, 2.24) is 19.9 Å². The number of methoxy groups -OCH3 is 2. The van der Waals surface area contributed by atoms with Crippen LogP contribution in [0.3, 0.4) is 0 Å². The standard InChI is InChI=1S/C12H23N5O2/c1-9(2)17(3)8-6-7-13-10-14-11(18-4)16-12(15-10)19-5/h9H,6-8H2,1-5H3,(H,13,14,15,16). The third-order valence-corrected chi connectivity index (χ3v) is 2.81. The molecule has 0 unspecified atom stereocenters. The molecule has 0 aliphatic heterocycles. The second kappa shape index (κ2) is 7.73. The highest BCUT2D eigenvalue weighted by molar-refractivity contribution is 5.27. The van der Waals surface area contributed by atoms with Gasteiger partial charge in [0, 0.05) is 12.6 Å². The van der Waals surface area contributed by atoms with E-state index in [1.54, 1.807) is 0 Å². The van der Waals surface area contributed by atoms with E-state index >= 15 is 0 Å². The van der Waals surface area contributed by atoms with Gasteiger partial charge in [-0.05, 0) is 33.9 Å². The third kappa shape index (κ3) is 5.25. The Bertz CT molecular complexity index is 364. The molecular weight excluding hydrogens is 246 g/mol. The van der Waals surface area contributed by atoms with Crippen molar-refractivity contribution in [3.8, 4) is 12.0 Å². The van der Waals surface area contributed by atoms with Crippen LogP contribution in [0.25, 0.3) is 0 Å². The summed E-state index contributed by atoms with van der Waals surface area (Å²) in [5, 5.41) is 3.14. The van der Waals surface area contributed by atoms with Crippen molar-refractivity contribution in [2.24, 2.45) is 0 Å². The Morgan fingerprint density at radius 3 is 2.16 bits per heavy atom. The van der Waals surface area contributed by atoms with E-state index < -0.39 is 0 Å². The van der Waals surface area contributed by atoms with Crippen LogP contribution in [0.15, 0.2) is 0 Å². The van der Waals surface area contributed by atoms with E-state index in [0.29, 0.717) is 12.0 Å². The van der Waals surface area contributed by atoms with Gasteiger partial charge in [-0.3, -0.25) is 0 Å². The van der Waals surface area contributed by atoms with Gasteiger partial charge >= 0.3 is 12.0 Å². The first-order valence-electron chi connectivity index (χ1n) is 6.35. The van der Waals surface area contributed by atoms with Crippen LogP contribution in [-0.4, -0.2) is 60.3 Å². The summed E-state index contributed by atoms with van der Waals surface area (Å²) in [6.45, 7) is 6.15. The highest BCUT2D eigenvalue weighted by Crippen LogP contribution is 2.11. The van der Waals surface area contributed by atoms with Crippen molar-refractivity contribution >= 4 is 5.95 Å². The zero-order valence-electron chi connectivity index (χ0n) is 12.3. The maximum absolute atomic E-state index is 4.98.